The van der Waals surface area contributed by atoms with E-state index in [2.05, 4.69) is 5.32 Å². The zero-order chi connectivity index (χ0) is 7.94. The van der Waals surface area contributed by atoms with Gasteiger partial charge in [-0.25, -0.2) is 0 Å². The molecular weight excluding hydrogens is 142 g/mol. The first-order valence-electron chi connectivity index (χ1n) is 4.31. The maximum atomic E-state index is 5.37. The van der Waals surface area contributed by atoms with Crippen molar-refractivity contribution >= 4 is 0 Å². The third-order valence-electron chi connectivity index (χ3n) is 1.76. The zero-order valence-corrected chi connectivity index (χ0v) is 7.14. The van der Waals surface area contributed by atoms with Crippen molar-refractivity contribution in [2.45, 2.75) is 25.6 Å². The first-order chi connectivity index (χ1) is 5.43. The van der Waals surface area contributed by atoms with Crippen LogP contribution in [0.5, 0.6) is 0 Å². The number of hydrogen-bond acceptors (Lipinski definition) is 3. The van der Waals surface area contributed by atoms with Gasteiger partial charge in [0.15, 0.2) is 6.29 Å². The maximum Gasteiger partial charge on any atom is 0.157 e. The normalized spacial score (nSPS) is 20.5. The molecule has 0 aromatic carbocycles. The van der Waals surface area contributed by atoms with Crippen molar-refractivity contribution in [1.29, 1.82) is 0 Å². The van der Waals surface area contributed by atoms with Gasteiger partial charge >= 0.3 is 0 Å². The lowest BCUT2D eigenvalue weighted by Crippen LogP contribution is -2.25. The summed E-state index contributed by atoms with van der Waals surface area (Å²) in [6, 6.07) is 0. The monoisotopic (exact) mass is 159 g/mol. The van der Waals surface area contributed by atoms with Crippen LogP contribution in [0.3, 0.4) is 0 Å². The Labute approximate surface area is 68.1 Å². The van der Waals surface area contributed by atoms with Crippen LogP contribution in [-0.2, 0) is 9.47 Å². The molecule has 1 rings (SSSR count). The first kappa shape index (κ1) is 8.97. The molecule has 66 valence electrons. The first-order valence-corrected chi connectivity index (χ1v) is 4.31. The summed E-state index contributed by atoms with van der Waals surface area (Å²) in [6.45, 7) is 2.78. The topological polar surface area (TPSA) is 30.5 Å². The van der Waals surface area contributed by atoms with E-state index in [0.717, 1.165) is 39.0 Å². The molecule has 11 heavy (non-hydrogen) atoms. The van der Waals surface area contributed by atoms with Gasteiger partial charge in [-0.1, -0.05) is 0 Å². The van der Waals surface area contributed by atoms with Crippen molar-refractivity contribution in [2.24, 2.45) is 0 Å². The third-order valence-corrected chi connectivity index (χ3v) is 1.76. The van der Waals surface area contributed by atoms with Crippen LogP contribution in [0.25, 0.3) is 0 Å². The fourth-order valence-electron chi connectivity index (χ4n) is 1.15. The molecule has 1 saturated heterocycles. The molecule has 0 atom stereocenters. The standard InChI is InChI=1S/C8H17NO2/c1-9-5-2-4-8-10-6-3-7-11-8/h8-9H,2-7H2,1H3. The summed E-state index contributed by atoms with van der Waals surface area (Å²) >= 11 is 0. The van der Waals surface area contributed by atoms with Crippen LogP contribution < -0.4 is 5.32 Å². The molecule has 1 aliphatic rings. The van der Waals surface area contributed by atoms with E-state index in [1.807, 2.05) is 7.05 Å². The van der Waals surface area contributed by atoms with Crippen LogP contribution in [0, 0.1) is 0 Å². The summed E-state index contributed by atoms with van der Waals surface area (Å²) in [6.07, 6.45) is 3.25. The molecule has 1 N–H and O–H groups in total. The lowest BCUT2D eigenvalue weighted by molar-refractivity contribution is -0.181. The summed E-state index contributed by atoms with van der Waals surface area (Å²) < 4.78 is 10.7. The van der Waals surface area contributed by atoms with E-state index in [1.54, 1.807) is 0 Å². The summed E-state index contributed by atoms with van der Waals surface area (Å²) in [5, 5.41) is 3.10. The third kappa shape index (κ3) is 3.70. The van der Waals surface area contributed by atoms with Crippen LogP contribution in [0.2, 0.25) is 0 Å². The second-order valence-corrected chi connectivity index (χ2v) is 2.77. The smallest absolute Gasteiger partial charge is 0.157 e. The Morgan fingerprint density at radius 1 is 1.36 bits per heavy atom. The SMILES string of the molecule is CNCCCC1OCCCO1. The summed E-state index contributed by atoms with van der Waals surface area (Å²) in [5.41, 5.74) is 0. The Balaban J connectivity index is 1.96. The predicted octanol–water partition coefficient (Wildman–Crippen LogP) is 0.749. The Hall–Kier alpha value is -0.120. The molecule has 0 radical (unpaired) electrons. The Kier molecular flexibility index (Phi) is 4.50. The molecule has 0 bridgehead atoms. The van der Waals surface area contributed by atoms with E-state index in [9.17, 15) is 0 Å². The number of ether oxygens (including phenoxy) is 2. The largest absolute Gasteiger partial charge is 0.353 e. The highest BCUT2D eigenvalue weighted by Gasteiger charge is 2.12. The van der Waals surface area contributed by atoms with E-state index in [-0.39, 0.29) is 6.29 Å². The molecule has 0 aliphatic carbocycles. The summed E-state index contributed by atoms with van der Waals surface area (Å²) in [5.74, 6) is 0. The number of hydrogen-bond donors (Lipinski definition) is 1. The minimum absolute atomic E-state index is 0.0668. The van der Waals surface area contributed by atoms with Crippen LogP contribution in [-0.4, -0.2) is 33.1 Å². The highest BCUT2D eigenvalue weighted by molar-refractivity contribution is 4.53. The molecule has 0 aromatic heterocycles. The van der Waals surface area contributed by atoms with Crippen LogP contribution >= 0.6 is 0 Å². The van der Waals surface area contributed by atoms with Gasteiger partial charge in [0, 0.05) is 0 Å². The molecule has 3 nitrogen and oxygen atoms in total. The number of rotatable bonds is 4. The summed E-state index contributed by atoms with van der Waals surface area (Å²) in [4.78, 5) is 0. The van der Waals surface area contributed by atoms with Crippen molar-refractivity contribution in [2.75, 3.05) is 26.8 Å². The van der Waals surface area contributed by atoms with E-state index in [0.29, 0.717) is 0 Å². The van der Waals surface area contributed by atoms with Gasteiger partial charge in [0.1, 0.15) is 0 Å². The zero-order valence-electron chi connectivity index (χ0n) is 7.14. The minimum Gasteiger partial charge on any atom is -0.353 e. The number of nitrogens with one attached hydrogen (secondary N) is 1. The molecule has 0 unspecified atom stereocenters. The van der Waals surface area contributed by atoms with Gasteiger partial charge in [-0.15, -0.1) is 0 Å². The van der Waals surface area contributed by atoms with E-state index < -0.39 is 0 Å². The average molecular weight is 159 g/mol. The van der Waals surface area contributed by atoms with E-state index in [1.165, 1.54) is 0 Å². The van der Waals surface area contributed by atoms with Gasteiger partial charge in [0.05, 0.1) is 13.2 Å². The second-order valence-electron chi connectivity index (χ2n) is 2.77. The van der Waals surface area contributed by atoms with Gasteiger partial charge in [0.25, 0.3) is 0 Å². The van der Waals surface area contributed by atoms with Crippen LogP contribution in [0.15, 0.2) is 0 Å². The Morgan fingerprint density at radius 2 is 2.09 bits per heavy atom. The van der Waals surface area contributed by atoms with Gasteiger partial charge in [-0.3, -0.25) is 0 Å². The minimum atomic E-state index is 0.0668. The second kappa shape index (κ2) is 5.52. The highest BCUT2D eigenvalue weighted by atomic mass is 16.7. The lowest BCUT2D eigenvalue weighted by Gasteiger charge is -2.22. The molecule has 0 saturated carbocycles. The fourth-order valence-corrected chi connectivity index (χ4v) is 1.15. The Morgan fingerprint density at radius 3 is 2.73 bits per heavy atom. The van der Waals surface area contributed by atoms with Crippen molar-refractivity contribution in [3.8, 4) is 0 Å². The van der Waals surface area contributed by atoms with Crippen molar-refractivity contribution in [3.63, 3.8) is 0 Å². The molecule has 0 aromatic rings. The quantitative estimate of drug-likeness (QED) is 0.614. The molecule has 0 spiro atoms. The van der Waals surface area contributed by atoms with Gasteiger partial charge in [0.2, 0.25) is 0 Å². The molecule has 1 heterocycles. The fraction of sp³-hybridized carbons (Fsp3) is 1.00. The Bertz CT molecular complexity index is 92.1. The van der Waals surface area contributed by atoms with Crippen LogP contribution in [0.4, 0.5) is 0 Å². The molecular formula is C8H17NO2. The van der Waals surface area contributed by atoms with Crippen molar-refractivity contribution < 1.29 is 9.47 Å². The van der Waals surface area contributed by atoms with Gasteiger partial charge in [-0.05, 0) is 32.9 Å². The molecule has 3 heteroatoms. The average Bonchev–Trinajstić information content (AvgIpc) is 2.07. The van der Waals surface area contributed by atoms with E-state index in [4.69, 9.17) is 9.47 Å². The molecule has 1 aliphatic heterocycles. The van der Waals surface area contributed by atoms with Crippen molar-refractivity contribution in [1.82, 2.24) is 5.32 Å². The van der Waals surface area contributed by atoms with Gasteiger partial charge < -0.3 is 14.8 Å². The maximum absolute atomic E-state index is 5.37. The molecule has 0 amide bonds. The van der Waals surface area contributed by atoms with Crippen LogP contribution in [0.1, 0.15) is 19.3 Å². The lowest BCUT2D eigenvalue weighted by atomic mass is 10.3. The predicted molar refractivity (Wildman–Crippen MR) is 43.5 cm³/mol. The molecule has 1 fully saturated rings. The summed E-state index contributed by atoms with van der Waals surface area (Å²) in [7, 11) is 1.96. The highest BCUT2D eigenvalue weighted by Crippen LogP contribution is 2.09. The van der Waals surface area contributed by atoms with E-state index >= 15 is 0 Å². The van der Waals surface area contributed by atoms with Crippen molar-refractivity contribution in [3.05, 3.63) is 0 Å². The van der Waals surface area contributed by atoms with Gasteiger partial charge in [-0.2, -0.15) is 0 Å².